The first-order chi connectivity index (χ1) is 15.4. The zero-order valence-electron chi connectivity index (χ0n) is 19.3. The first-order valence-electron chi connectivity index (χ1n) is 11.1. The topological polar surface area (TPSA) is 94.2 Å². The molecule has 1 atom stereocenters. The largest absolute Gasteiger partial charge is 0.493 e. The number of carbonyl (C=O) groups excluding carboxylic acids is 3. The van der Waals surface area contributed by atoms with Crippen molar-refractivity contribution in [2.45, 2.75) is 58.9 Å². The molecular weight excluding hydrogens is 412 g/mol. The van der Waals surface area contributed by atoms with Crippen LogP contribution in [-0.2, 0) is 14.3 Å². The molecule has 2 rings (SSSR count). The molecule has 1 aliphatic rings. The highest BCUT2D eigenvalue weighted by Crippen LogP contribution is 2.31. The van der Waals surface area contributed by atoms with Crippen molar-refractivity contribution in [3.63, 3.8) is 0 Å². The number of anilines is 1. The SMILES string of the molecule is C=CCOC(=O)Nc1cc(OCCCCC)c(C)cc1C(=O)N1CCC[C@H]1COC(C)=O. The zero-order valence-corrected chi connectivity index (χ0v) is 19.3. The number of nitrogens with one attached hydrogen (secondary N) is 1. The second-order valence-corrected chi connectivity index (χ2v) is 7.83. The molecule has 0 saturated carbocycles. The Hall–Kier alpha value is -3.03. The van der Waals surface area contributed by atoms with Crippen molar-refractivity contribution in [2.24, 2.45) is 0 Å². The van der Waals surface area contributed by atoms with E-state index in [1.807, 2.05) is 6.92 Å². The third-order valence-corrected chi connectivity index (χ3v) is 5.24. The van der Waals surface area contributed by atoms with Crippen molar-refractivity contribution in [3.05, 3.63) is 35.9 Å². The van der Waals surface area contributed by atoms with Crippen molar-refractivity contribution in [1.29, 1.82) is 0 Å². The number of nitrogens with zero attached hydrogens (tertiary/aromatic N) is 1. The Balaban J connectivity index is 2.28. The molecule has 8 nitrogen and oxygen atoms in total. The third kappa shape index (κ3) is 7.28. The summed E-state index contributed by atoms with van der Waals surface area (Å²) >= 11 is 0. The van der Waals surface area contributed by atoms with E-state index in [1.165, 1.54) is 13.0 Å². The van der Waals surface area contributed by atoms with Crippen LogP contribution in [0.2, 0.25) is 0 Å². The predicted octanol–water partition coefficient (Wildman–Crippen LogP) is 4.47. The van der Waals surface area contributed by atoms with Crippen molar-refractivity contribution < 1.29 is 28.6 Å². The Morgan fingerprint density at radius 1 is 1.25 bits per heavy atom. The Morgan fingerprint density at radius 2 is 2.03 bits per heavy atom. The van der Waals surface area contributed by atoms with E-state index in [2.05, 4.69) is 18.8 Å². The van der Waals surface area contributed by atoms with Crippen molar-refractivity contribution in [1.82, 2.24) is 4.90 Å². The van der Waals surface area contributed by atoms with E-state index in [4.69, 9.17) is 14.2 Å². The van der Waals surface area contributed by atoms with E-state index in [-0.39, 0.29) is 31.1 Å². The van der Waals surface area contributed by atoms with Crippen LogP contribution in [-0.4, -0.2) is 55.3 Å². The molecule has 1 aromatic carbocycles. The van der Waals surface area contributed by atoms with Gasteiger partial charge in [-0.15, -0.1) is 0 Å². The molecular formula is C24H34N2O6. The number of aryl methyl sites for hydroxylation is 1. The van der Waals surface area contributed by atoms with E-state index < -0.39 is 6.09 Å². The van der Waals surface area contributed by atoms with Crippen LogP contribution in [0.15, 0.2) is 24.8 Å². The summed E-state index contributed by atoms with van der Waals surface area (Å²) in [7, 11) is 0. The number of amides is 2. The van der Waals surface area contributed by atoms with Gasteiger partial charge in [0.15, 0.2) is 0 Å². The van der Waals surface area contributed by atoms with Crippen molar-refractivity contribution in [3.8, 4) is 5.75 Å². The molecule has 1 N–H and O–H groups in total. The smallest absolute Gasteiger partial charge is 0.411 e. The third-order valence-electron chi connectivity index (χ3n) is 5.24. The fourth-order valence-corrected chi connectivity index (χ4v) is 3.58. The first kappa shape index (κ1) is 25.2. The van der Waals surface area contributed by atoms with Gasteiger partial charge in [0.2, 0.25) is 0 Å². The van der Waals surface area contributed by atoms with Crippen LogP contribution in [0.3, 0.4) is 0 Å². The van der Waals surface area contributed by atoms with Gasteiger partial charge in [0.1, 0.15) is 19.0 Å². The summed E-state index contributed by atoms with van der Waals surface area (Å²) in [4.78, 5) is 38.5. The summed E-state index contributed by atoms with van der Waals surface area (Å²) < 4.78 is 16.1. The molecule has 1 aromatic rings. The average molecular weight is 447 g/mol. The van der Waals surface area contributed by atoms with Crippen LogP contribution in [0.1, 0.15) is 61.9 Å². The molecule has 1 fully saturated rings. The number of ether oxygens (including phenoxy) is 3. The van der Waals surface area contributed by atoms with Crippen molar-refractivity contribution in [2.75, 3.05) is 31.7 Å². The minimum Gasteiger partial charge on any atom is -0.493 e. The maximum atomic E-state index is 13.4. The molecule has 0 spiro atoms. The molecule has 1 heterocycles. The van der Waals surface area contributed by atoms with Crippen LogP contribution in [0.5, 0.6) is 5.75 Å². The molecule has 0 bridgehead atoms. The summed E-state index contributed by atoms with van der Waals surface area (Å²) in [5, 5.41) is 2.66. The maximum Gasteiger partial charge on any atom is 0.411 e. The number of carbonyl (C=O) groups is 3. The molecule has 32 heavy (non-hydrogen) atoms. The predicted molar refractivity (Wildman–Crippen MR) is 122 cm³/mol. The first-order valence-corrected chi connectivity index (χ1v) is 11.1. The highest BCUT2D eigenvalue weighted by molar-refractivity contribution is 6.03. The summed E-state index contributed by atoms with van der Waals surface area (Å²) in [5.74, 6) is -0.00842. The average Bonchev–Trinajstić information content (AvgIpc) is 3.23. The van der Waals surface area contributed by atoms with Gasteiger partial charge in [-0.2, -0.15) is 0 Å². The second-order valence-electron chi connectivity index (χ2n) is 7.83. The Labute approximate surface area is 189 Å². The zero-order chi connectivity index (χ0) is 23.5. The van der Waals surface area contributed by atoms with Gasteiger partial charge in [-0.25, -0.2) is 4.79 Å². The summed E-state index contributed by atoms with van der Waals surface area (Å²) in [6, 6.07) is 3.19. The van der Waals surface area contributed by atoms with Gasteiger partial charge in [-0.05, 0) is 37.8 Å². The number of hydrogen-bond acceptors (Lipinski definition) is 6. The lowest BCUT2D eigenvalue weighted by atomic mass is 10.1. The van der Waals surface area contributed by atoms with E-state index in [9.17, 15) is 14.4 Å². The second kappa shape index (κ2) is 12.7. The van der Waals surface area contributed by atoms with Gasteiger partial charge in [-0.1, -0.05) is 32.4 Å². The summed E-state index contributed by atoms with van der Waals surface area (Å²) in [6.07, 6.45) is 5.42. The van der Waals surface area contributed by atoms with Crippen LogP contribution in [0, 0.1) is 6.92 Å². The lowest BCUT2D eigenvalue weighted by Crippen LogP contribution is -2.39. The highest BCUT2D eigenvalue weighted by atomic mass is 16.5. The fraction of sp³-hybridized carbons (Fsp3) is 0.542. The maximum absolute atomic E-state index is 13.4. The number of hydrogen-bond donors (Lipinski definition) is 1. The molecule has 0 aliphatic carbocycles. The molecule has 1 saturated heterocycles. The van der Waals surface area contributed by atoms with Crippen molar-refractivity contribution >= 4 is 23.7 Å². The van der Waals surface area contributed by atoms with E-state index in [1.54, 1.807) is 17.0 Å². The van der Waals surface area contributed by atoms with Gasteiger partial charge >= 0.3 is 12.1 Å². The van der Waals surface area contributed by atoms with E-state index in [0.29, 0.717) is 30.2 Å². The fourth-order valence-electron chi connectivity index (χ4n) is 3.58. The molecule has 0 aromatic heterocycles. The molecule has 0 radical (unpaired) electrons. The van der Waals surface area contributed by atoms with Gasteiger partial charge in [0, 0.05) is 19.5 Å². The molecule has 2 amide bonds. The highest BCUT2D eigenvalue weighted by Gasteiger charge is 2.32. The normalized spacial score (nSPS) is 15.2. The lowest BCUT2D eigenvalue weighted by molar-refractivity contribution is -0.142. The molecule has 1 aliphatic heterocycles. The Kier molecular flexibility index (Phi) is 10.0. The number of benzene rings is 1. The van der Waals surface area contributed by atoms with Gasteiger partial charge in [0.25, 0.3) is 5.91 Å². The van der Waals surface area contributed by atoms with E-state index in [0.717, 1.165) is 37.7 Å². The molecule has 176 valence electrons. The standard InChI is InChI=1S/C24H34N2O6/c1-5-7-8-13-30-22-15-21(25-24(29)31-12-6-2)20(14-17(22)3)23(28)26-11-9-10-19(26)16-32-18(4)27/h6,14-15,19H,2,5,7-13,16H2,1,3-4H3,(H,25,29)/t19-/m0/s1. The van der Waals surface area contributed by atoms with Gasteiger partial charge < -0.3 is 19.1 Å². The minimum absolute atomic E-state index is 0.0535. The number of likely N-dealkylation sites (tertiary alicyclic amines) is 1. The lowest BCUT2D eigenvalue weighted by Gasteiger charge is -2.26. The number of rotatable bonds is 11. The minimum atomic E-state index is -0.683. The van der Waals surface area contributed by atoms with Crippen LogP contribution >= 0.6 is 0 Å². The Bertz CT molecular complexity index is 823. The van der Waals surface area contributed by atoms with Gasteiger partial charge in [0.05, 0.1) is 23.9 Å². The number of unbranched alkanes of at least 4 members (excludes halogenated alkanes) is 2. The van der Waals surface area contributed by atoms with Crippen LogP contribution in [0.4, 0.5) is 10.5 Å². The summed E-state index contributed by atoms with van der Waals surface area (Å²) in [6.45, 7) is 10.2. The Morgan fingerprint density at radius 3 is 2.72 bits per heavy atom. The van der Waals surface area contributed by atoms with Crippen LogP contribution < -0.4 is 10.1 Å². The monoisotopic (exact) mass is 446 g/mol. The molecule has 0 unspecified atom stereocenters. The van der Waals surface area contributed by atoms with Crippen LogP contribution in [0.25, 0.3) is 0 Å². The quantitative estimate of drug-likeness (QED) is 0.306. The number of esters is 1. The van der Waals surface area contributed by atoms with E-state index >= 15 is 0 Å². The summed E-state index contributed by atoms with van der Waals surface area (Å²) in [5.41, 5.74) is 1.46. The molecule has 8 heteroatoms. The van der Waals surface area contributed by atoms with Gasteiger partial charge in [-0.3, -0.25) is 14.9 Å².